The van der Waals surface area contributed by atoms with Gasteiger partial charge in [0.1, 0.15) is 17.0 Å². The third-order valence-electron chi connectivity index (χ3n) is 4.45. The summed E-state index contributed by atoms with van der Waals surface area (Å²) in [6, 6.07) is 8.76. The Labute approximate surface area is 155 Å². The predicted molar refractivity (Wildman–Crippen MR) is 99.4 cm³/mol. The number of pyridine rings is 1. The van der Waals surface area contributed by atoms with Crippen molar-refractivity contribution in [3.05, 3.63) is 42.2 Å². The molecule has 3 aromatic rings. The van der Waals surface area contributed by atoms with E-state index in [0.717, 1.165) is 31.7 Å². The highest BCUT2D eigenvalue weighted by molar-refractivity contribution is 5.85. The molecule has 0 unspecified atom stereocenters. The zero-order valence-corrected chi connectivity index (χ0v) is 14.7. The Morgan fingerprint density at radius 2 is 2.04 bits per heavy atom. The molecule has 8 nitrogen and oxygen atoms in total. The Bertz CT molecular complexity index is 950. The Hall–Kier alpha value is -3.13. The minimum absolute atomic E-state index is 0.0715. The van der Waals surface area contributed by atoms with Gasteiger partial charge in [-0.15, -0.1) is 0 Å². The summed E-state index contributed by atoms with van der Waals surface area (Å²) < 4.78 is 11.5. The molecular weight excluding hydrogens is 348 g/mol. The van der Waals surface area contributed by atoms with E-state index in [-0.39, 0.29) is 5.69 Å². The van der Waals surface area contributed by atoms with Crippen LogP contribution in [0.25, 0.3) is 11.1 Å². The molecule has 3 heterocycles. The lowest BCUT2D eigenvalue weighted by Crippen LogP contribution is -2.25. The fourth-order valence-electron chi connectivity index (χ4n) is 3.10. The highest BCUT2D eigenvalue weighted by Crippen LogP contribution is 2.27. The van der Waals surface area contributed by atoms with E-state index in [1.54, 1.807) is 24.3 Å². The summed E-state index contributed by atoms with van der Waals surface area (Å²) in [5.41, 5.74) is 1.26. The van der Waals surface area contributed by atoms with Crippen molar-refractivity contribution >= 4 is 23.1 Å². The molecule has 0 spiro atoms. The first-order chi connectivity index (χ1) is 13.2. The Balaban J connectivity index is 1.42. The first kappa shape index (κ1) is 17.3. The molecule has 0 amide bonds. The summed E-state index contributed by atoms with van der Waals surface area (Å²) in [6.45, 7) is 4.08. The van der Waals surface area contributed by atoms with Crippen molar-refractivity contribution in [2.45, 2.75) is 12.8 Å². The lowest BCUT2D eigenvalue weighted by molar-refractivity contribution is 0.0690. The molecule has 4 rings (SSSR count). The van der Waals surface area contributed by atoms with Crippen LogP contribution in [0.4, 0.5) is 6.01 Å². The van der Waals surface area contributed by atoms with E-state index in [0.29, 0.717) is 23.1 Å². The number of hydrogen-bond acceptors (Lipinski definition) is 7. The van der Waals surface area contributed by atoms with Gasteiger partial charge in [-0.05, 0) is 44.1 Å². The van der Waals surface area contributed by atoms with Crippen molar-refractivity contribution in [1.82, 2.24) is 14.9 Å². The number of hydrogen-bond donors (Lipinski definition) is 2. The maximum absolute atomic E-state index is 11.0. The van der Waals surface area contributed by atoms with Crippen LogP contribution in [0.3, 0.4) is 0 Å². The minimum Gasteiger partial charge on any atom is -0.477 e. The molecule has 8 heteroatoms. The van der Waals surface area contributed by atoms with E-state index in [9.17, 15) is 4.79 Å². The maximum atomic E-state index is 11.0. The van der Waals surface area contributed by atoms with E-state index >= 15 is 0 Å². The number of anilines is 1. The van der Waals surface area contributed by atoms with Gasteiger partial charge in [-0.1, -0.05) is 0 Å². The normalized spacial score (nSPS) is 14.5. The van der Waals surface area contributed by atoms with Gasteiger partial charge in [0.25, 0.3) is 6.01 Å². The molecule has 1 saturated heterocycles. The molecule has 0 atom stereocenters. The Morgan fingerprint density at radius 3 is 2.85 bits per heavy atom. The van der Waals surface area contributed by atoms with E-state index in [2.05, 4.69) is 20.2 Å². The summed E-state index contributed by atoms with van der Waals surface area (Å²) in [5, 5.41) is 12.2. The molecule has 2 N–H and O–H groups in total. The second-order valence-electron chi connectivity index (χ2n) is 6.41. The summed E-state index contributed by atoms with van der Waals surface area (Å²) in [4.78, 5) is 21.6. The fraction of sp³-hybridized carbons (Fsp3) is 0.316. The van der Waals surface area contributed by atoms with E-state index < -0.39 is 5.97 Å². The van der Waals surface area contributed by atoms with Gasteiger partial charge >= 0.3 is 5.97 Å². The third-order valence-corrected chi connectivity index (χ3v) is 4.45. The van der Waals surface area contributed by atoms with Crippen LogP contribution in [0.1, 0.15) is 23.3 Å². The highest BCUT2D eigenvalue weighted by Gasteiger charge is 2.12. The quantitative estimate of drug-likeness (QED) is 0.656. The summed E-state index contributed by atoms with van der Waals surface area (Å²) in [7, 11) is 0. The molecule has 0 bridgehead atoms. The molecule has 1 aliphatic rings. The second-order valence-corrected chi connectivity index (χ2v) is 6.41. The van der Waals surface area contributed by atoms with E-state index in [4.69, 9.17) is 14.3 Å². The second kappa shape index (κ2) is 7.63. The van der Waals surface area contributed by atoms with Crippen molar-refractivity contribution in [2.75, 3.05) is 31.5 Å². The van der Waals surface area contributed by atoms with E-state index in [1.807, 2.05) is 0 Å². The van der Waals surface area contributed by atoms with E-state index in [1.165, 1.54) is 25.1 Å². The number of fused-ring (bicyclic) bond motifs is 1. The maximum Gasteiger partial charge on any atom is 0.354 e. The summed E-state index contributed by atoms with van der Waals surface area (Å²) in [6.07, 6.45) is 3.95. The van der Waals surface area contributed by atoms with Gasteiger partial charge in [0.15, 0.2) is 11.3 Å². The van der Waals surface area contributed by atoms with Crippen LogP contribution in [0, 0.1) is 0 Å². The molecule has 27 heavy (non-hydrogen) atoms. The van der Waals surface area contributed by atoms with Gasteiger partial charge in [-0.2, -0.15) is 4.98 Å². The molecule has 1 aliphatic heterocycles. The fourth-order valence-corrected chi connectivity index (χ4v) is 3.10. The Kier molecular flexibility index (Phi) is 4.88. The lowest BCUT2D eigenvalue weighted by atomic mass is 10.3. The Morgan fingerprint density at radius 1 is 1.22 bits per heavy atom. The number of aromatic carboxylic acids is 1. The van der Waals surface area contributed by atoms with Crippen LogP contribution < -0.4 is 10.1 Å². The number of likely N-dealkylation sites (tertiary alicyclic amines) is 1. The molecule has 0 saturated carbocycles. The highest BCUT2D eigenvalue weighted by atomic mass is 16.5. The van der Waals surface area contributed by atoms with Crippen LogP contribution in [0.5, 0.6) is 11.5 Å². The number of benzene rings is 1. The van der Waals surface area contributed by atoms with Gasteiger partial charge in [0, 0.05) is 31.4 Å². The number of aromatic nitrogens is 2. The van der Waals surface area contributed by atoms with Crippen LogP contribution in [0.15, 0.2) is 40.9 Å². The number of ether oxygens (including phenoxy) is 1. The first-order valence-corrected chi connectivity index (χ1v) is 8.91. The predicted octanol–water partition coefficient (Wildman–Crippen LogP) is 3.22. The van der Waals surface area contributed by atoms with Gasteiger partial charge in [0.05, 0.1) is 0 Å². The van der Waals surface area contributed by atoms with Crippen LogP contribution in [0.2, 0.25) is 0 Å². The number of carbonyl (C=O) groups is 1. The van der Waals surface area contributed by atoms with Gasteiger partial charge in [0.2, 0.25) is 0 Å². The zero-order valence-electron chi connectivity index (χ0n) is 14.7. The number of nitrogens with one attached hydrogen (secondary N) is 1. The molecule has 0 aliphatic carbocycles. The molecule has 1 aromatic carbocycles. The first-order valence-electron chi connectivity index (χ1n) is 8.91. The SMILES string of the molecule is O=C(O)c1cc(Oc2ccc3nc(NCCN4CCCC4)oc3c2)ccn1. The van der Waals surface area contributed by atoms with Crippen molar-refractivity contribution < 1.29 is 19.1 Å². The average Bonchev–Trinajstić information content (AvgIpc) is 3.31. The van der Waals surface area contributed by atoms with Crippen molar-refractivity contribution in [2.24, 2.45) is 0 Å². The van der Waals surface area contributed by atoms with Gasteiger partial charge in [-0.3, -0.25) is 0 Å². The smallest absolute Gasteiger partial charge is 0.354 e. The van der Waals surface area contributed by atoms with Crippen LogP contribution in [-0.2, 0) is 0 Å². The van der Waals surface area contributed by atoms with Crippen LogP contribution >= 0.6 is 0 Å². The largest absolute Gasteiger partial charge is 0.477 e. The third kappa shape index (κ3) is 4.17. The van der Waals surface area contributed by atoms with Crippen LogP contribution in [-0.4, -0.2) is 52.1 Å². The summed E-state index contributed by atoms with van der Waals surface area (Å²) in [5.74, 6) is -0.175. The zero-order chi connectivity index (χ0) is 18.6. The molecule has 1 fully saturated rings. The van der Waals surface area contributed by atoms with Crippen molar-refractivity contribution in [3.63, 3.8) is 0 Å². The lowest BCUT2D eigenvalue weighted by Gasteiger charge is -2.13. The van der Waals surface area contributed by atoms with Crippen molar-refractivity contribution in [1.29, 1.82) is 0 Å². The monoisotopic (exact) mass is 368 g/mol. The number of carboxylic acid groups (broad SMARTS) is 1. The molecular formula is C19H20N4O4. The van der Waals surface area contributed by atoms with Gasteiger partial charge in [-0.25, -0.2) is 9.78 Å². The van der Waals surface area contributed by atoms with Gasteiger partial charge < -0.3 is 24.5 Å². The topological polar surface area (TPSA) is 101 Å². The summed E-state index contributed by atoms with van der Waals surface area (Å²) >= 11 is 0. The number of rotatable bonds is 7. The molecule has 0 radical (unpaired) electrons. The average molecular weight is 368 g/mol. The molecule has 2 aromatic heterocycles. The number of nitrogens with zero attached hydrogens (tertiary/aromatic N) is 3. The number of oxazole rings is 1. The van der Waals surface area contributed by atoms with Crippen molar-refractivity contribution in [3.8, 4) is 11.5 Å². The minimum atomic E-state index is -1.10. The molecule has 140 valence electrons. The standard InChI is InChI=1S/C19H20N4O4/c24-18(25)16-11-14(5-6-20-16)26-13-3-4-15-17(12-13)27-19(22-15)21-7-10-23-8-1-2-9-23/h3-6,11-12H,1-2,7-10H2,(H,21,22)(H,24,25). The number of carboxylic acids is 1.